The molecule has 1 atom stereocenters. The van der Waals surface area contributed by atoms with E-state index in [1.54, 1.807) is 18.3 Å². The maximum absolute atomic E-state index is 11.5. The summed E-state index contributed by atoms with van der Waals surface area (Å²) in [5, 5.41) is 21.3. The minimum Gasteiger partial charge on any atom is -0.479 e. The van der Waals surface area contributed by atoms with Crippen LogP contribution in [0.4, 0.5) is 5.69 Å². The summed E-state index contributed by atoms with van der Waals surface area (Å²) in [6.45, 7) is 0. The first-order valence-corrected chi connectivity index (χ1v) is 6.50. The van der Waals surface area contributed by atoms with E-state index in [0.717, 1.165) is 10.9 Å². The molecule has 1 unspecified atom stereocenters. The number of hydrogen-bond acceptors (Lipinski definition) is 4. The Kier molecular flexibility index (Phi) is 3.47. The standard InChI is InChI=1S/C16H13N3O2/c20-16(21)15(11-6-2-1-3-7-11)18-14-10-17-19-13-9-5-4-8-12(13)14/h1-10,15H,(H,18,19)(H,20,21). The zero-order valence-electron chi connectivity index (χ0n) is 11.1. The minimum absolute atomic E-state index is 0.650. The fourth-order valence-electron chi connectivity index (χ4n) is 2.21. The Hall–Kier alpha value is -2.95. The van der Waals surface area contributed by atoms with Gasteiger partial charge in [0.2, 0.25) is 0 Å². The second-order valence-corrected chi connectivity index (χ2v) is 4.60. The number of fused-ring (bicyclic) bond motifs is 1. The molecule has 0 bridgehead atoms. The highest BCUT2D eigenvalue weighted by molar-refractivity contribution is 5.92. The number of carboxylic acids is 1. The Morgan fingerprint density at radius 1 is 1.05 bits per heavy atom. The predicted octanol–water partition coefficient (Wildman–Crippen LogP) is 2.87. The molecule has 104 valence electrons. The van der Waals surface area contributed by atoms with E-state index in [9.17, 15) is 9.90 Å². The van der Waals surface area contributed by atoms with Gasteiger partial charge in [-0.2, -0.15) is 10.2 Å². The molecule has 0 aliphatic rings. The van der Waals surface area contributed by atoms with Crippen molar-refractivity contribution in [1.82, 2.24) is 10.2 Å². The number of carboxylic acid groups (broad SMARTS) is 1. The number of carbonyl (C=O) groups is 1. The van der Waals surface area contributed by atoms with Gasteiger partial charge in [0.25, 0.3) is 0 Å². The summed E-state index contributed by atoms with van der Waals surface area (Å²) in [4.78, 5) is 11.5. The van der Waals surface area contributed by atoms with Crippen LogP contribution < -0.4 is 5.32 Å². The minimum atomic E-state index is -0.943. The van der Waals surface area contributed by atoms with Crippen molar-refractivity contribution >= 4 is 22.6 Å². The Balaban J connectivity index is 2.01. The zero-order chi connectivity index (χ0) is 14.7. The molecule has 5 nitrogen and oxygen atoms in total. The van der Waals surface area contributed by atoms with Crippen LogP contribution in [0, 0.1) is 0 Å². The third kappa shape index (κ3) is 2.67. The number of nitrogens with one attached hydrogen (secondary N) is 1. The largest absolute Gasteiger partial charge is 0.479 e. The number of hydrogen-bond donors (Lipinski definition) is 2. The predicted molar refractivity (Wildman–Crippen MR) is 80.0 cm³/mol. The highest BCUT2D eigenvalue weighted by Crippen LogP contribution is 2.25. The summed E-state index contributed by atoms with van der Waals surface area (Å²) >= 11 is 0. The van der Waals surface area contributed by atoms with Gasteiger partial charge in [-0.05, 0) is 11.6 Å². The van der Waals surface area contributed by atoms with Gasteiger partial charge in [0.15, 0.2) is 6.04 Å². The Labute approximate surface area is 121 Å². The molecule has 0 saturated heterocycles. The highest BCUT2D eigenvalue weighted by atomic mass is 16.4. The van der Waals surface area contributed by atoms with Crippen LogP contribution in [0.15, 0.2) is 60.8 Å². The number of aromatic nitrogens is 2. The molecule has 0 amide bonds. The molecule has 0 fully saturated rings. The van der Waals surface area contributed by atoms with Crippen LogP contribution in [0.5, 0.6) is 0 Å². The molecule has 0 aliphatic heterocycles. The van der Waals surface area contributed by atoms with Crippen molar-refractivity contribution in [2.24, 2.45) is 0 Å². The highest BCUT2D eigenvalue weighted by Gasteiger charge is 2.20. The molecule has 0 saturated carbocycles. The molecule has 1 aromatic heterocycles. The third-order valence-electron chi connectivity index (χ3n) is 3.23. The Morgan fingerprint density at radius 2 is 1.76 bits per heavy atom. The van der Waals surface area contributed by atoms with Gasteiger partial charge >= 0.3 is 5.97 Å². The topological polar surface area (TPSA) is 75.1 Å². The summed E-state index contributed by atoms with van der Waals surface area (Å²) in [6.07, 6.45) is 1.54. The van der Waals surface area contributed by atoms with E-state index in [-0.39, 0.29) is 0 Å². The lowest BCUT2D eigenvalue weighted by Gasteiger charge is -2.17. The number of nitrogens with zero attached hydrogens (tertiary/aromatic N) is 2. The van der Waals surface area contributed by atoms with Crippen LogP contribution in [0.1, 0.15) is 11.6 Å². The van der Waals surface area contributed by atoms with Gasteiger partial charge in [0.05, 0.1) is 17.4 Å². The summed E-state index contributed by atoms with van der Waals surface area (Å²) in [5.41, 5.74) is 2.06. The summed E-state index contributed by atoms with van der Waals surface area (Å²) in [5.74, 6) is -0.943. The van der Waals surface area contributed by atoms with Gasteiger partial charge in [0.1, 0.15) is 0 Å². The van der Waals surface area contributed by atoms with Crippen LogP contribution in [0.25, 0.3) is 10.9 Å². The fourth-order valence-corrected chi connectivity index (χ4v) is 2.21. The number of anilines is 1. The molecule has 1 heterocycles. The Bertz CT molecular complexity index is 769. The van der Waals surface area contributed by atoms with Crippen molar-refractivity contribution in [3.8, 4) is 0 Å². The lowest BCUT2D eigenvalue weighted by Crippen LogP contribution is -2.20. The normalized spacial score (nSPS) is 12.0. The first-order chi connectivity index (χ1) is 10.3. The van der Waals surface area contributed by atoms with E-state index in [1.807, 2.05) is 42.5 Å². The first-order valence-electron chi connectivity index (χ1n) is 6.50. The molecule has 0 radical (unpaired) electrons. The summed E-state index contributed by atoms with van der Waals surface area (Å²) in [6, 6.07) is 15.7. The molecule has 5 heteroatoms. The lowest BCUT2D eigenvalue weighted by molar-refractivity contribution is -0.138. The summed E-state index contributed by atoms with van der Waals surface area (Å²) in [7, 11) is 0. The molecular formula is C16H13N3O2. The van der Waals surface area contributed by atoms with Crippen LogP contribution in [0.3, 0.4) is 0 Å². The maximum Gasteiger partial charge on any atom is 0.330 e. The van der Waals surface area contributed by atoms with Crippen molar-refractivity contribution in [3.05, 3.63) is 66.4 Å². The zero-order valence-corrected chi connectivity index (χ0v) is 11.1. The lowest BCUT2D eigenvalue weighted by atomic mass is 10.1. The second-order valence-electron chi connectivity index (χ2n) is 4.60. The summed E-state index contributed by atoms with van der Waals surface area (Å²) < 4.78 is 0. The average Bonchev–Trinajstić information content (AvgIpc) is 2.53. The van der Waals surface area contributed by atoms with Crippen LogP contribution >= 0.6 is 0 Å². The number of rotatable bonds is 4. The molecular weight excluding hydrogens is 266 g/mol. The molecule has 0 aliphatic carbocycles. The molecule has 0 spiro atoms. The van der Waals surface area contributed by atoms with Crippen molar-refractivity contribution in [2.75, 3.05) is 5.32 Å². The quantitative estimate of drug-likeness (QED) is 0.768. The van der Waals surface area contributed by atoms with Gasteiger partial charge in [-0.25, -0.2) is 4.79 Å². The van der Waals surface area contributed by atoms with E-state index in [0.29, 0.717) is 11.3 Å². The van der Waals surface area contributed by atoms with Crippen LogP contribution in [-0.4, -0.2) is 21.3 Å². The van der Waals surface area contributed by atoms with Gasteiger partial charge in [0, 0.05) is 5.39 Å². The number of aliphatic carboxylic acids is 1. The second kappa shape index (κ2) is 5.58. The van der Waals surface area contributed by atoms with Crippen LogP contribution in [-0.2, 0) is 4.79 Å². The van der Waals surface area contributed by atoms with Gasteiger partial charge in [-0.15, -0.1) is 0 Å². The van der Waals surface area contributed by atoms with Gasteiger partial charge in [-0.3, -0.25) is 0 Å². The maximum atomic E-state index is 11.5. The first kappa shape index (κ1) is 13.1. The number of benzene rings is 2. The molecule has 2 aromatic carbocycles. The average molecular weight is 279 g/mol. The SMILES string of the molecule is O=C(O)C(Nc1cnnc2ccccc12)c1ccccc1. The third-order valence-corrected chi connectivity index (χ3v) is 3.23. The van der Waals surface area contributed by atoms with Gasteiger partial charge in [-0.1, -0.05) is 48.5 Å². The monoisotopic (exact) mass is 279 g/mol. The van der Waals surface area contributed by atoms with E-state index >= 15 is 0 Å². The van der Waals surface area contributed by atoms with Crippen molar-refractivity contribution < 1.29 is 9.90 Å². The van der Waals surface area contributed by atoms with E-state index in [4.69, 9.17) is 0 Å². The van der Waals surface area contributed by atoms with Crippen LogP contribution in [0.2, 0.25) is 0 Å². The van der Waals surface area contributed by atoms with E-state index in [1.165, 1.54) is 0 Å². The Morgan fingerprint density at radius 3 is 2.52 bits per heavy atom. The molecule has 3 rings (SSSR count). The van der Waals surface area contributed by atoms with Gasteiger partial charge < -0.3 is 10.4 Å². The molecule has 2 N–H and O–H groups in total. The smallest absolute Gasteiger partial charge is 0.330 e. The van der Waals surface area contributed by atoms with E-state index in [2.05, 4.69) is 15.5 Å². The van der Waals surface area contributed by atoms with Crippen molar-refractivity contribution in [3.63, 3.8) is 0 Å². The van der Waals surface area contributed by atoms with Crippen molar-refractivity contribution in [2.45, 2.75) is 6.04 Å². The molecule has 3 aromatic rings. The van der Waals surface area contributed by atoms with Crippen molar-refractivity contribution in [1.29, 1.82) is 0 Å². The molecule has 21 heavy (non-hydrogen) atoms. The van der Waals surface area contributed by atoms with E-state index < -0.39 is 12.0 Å². The fraction of sp³-hybridized carbons (Fsp3) is 0.0625.